The number of para-hydroxylation sites is 1. The van der Waals surface area contributed by atoms with Crippen molar-refractivity contribution >= 4 is 66.3 Å². The molecule has 48 heavy (non-hydrogen) atoms. The fraction of sp³-hybridized carbons (Fsp3) is 0.0238. The number of rotatable bonds is 4. The van der Waals surface area contributed by atoms with Gasteiger partial charge >= 0.3 is 0 Å². The summed E-state index contributed by atoms with van der Waals surface area (Å²) in [6, 6.07) is 45.8. The molecule has 4 heterocycles. The van der Waals surface area contributed by atoms with Crippen molar-refractivity contribution in [3.05, 3.63) is 163 Å². The van der Waals surface area contributed by atoms with Crippen molar-refractivity contribution < 1.29 is 8.83 Å². The Morgan fingerprint density at radius 1 is 0.542 bits per heavy atom. The minimum Gasteiger partial charge on any atom is -0.456 e. The van der Waals surface area contributed by atoms with Crippen molar-refractivity contribution in [3.8, 4) is 11.1 Å². The highest BCUT2D eigenvalue weighted by molar-refractivity contribution is 6.22. The van der Waals surface area contributed by atoms with Gasteiger partial charge in [0, 0.05) is 44.4 Å². The number of hydrogen-bond donors (Lipinski definition) is 1. The lowest BCUT2D eigenvalue weighted by Gasteiger charge is -2.25. The van der Waals surface area contributed by atoms with E-state index in [0.717, 1.165) is 71.7 Å². The fourth-order valence-corrected chi connectivity index (χ4v) is 6.97. The van der Waals surface area contributed by atoms with Crippen molar-refractivity contribution in [2.45, 2.75) is 6.17 Å². The van der Waals surface area contributed by atoms with Crippen molar-refractivity contribution in [1.82, 2.24) is 10.3 Å². The van der Waals surface area contributed by atoms with Crippen LogP contribution < -0.4 is 5.32 Å². The zero-order valence-corrected chi connectivity index (χ0v) is 25.6. The largest absolute Gasteiger partial charge is 0.456 e. The number of nitrogens with one attached hydrogen (secondary N) is 1. The third-order valence-corrected chi connectivity index (χ3v) is 9.22. The van der Waals surface area contributed by atoms with Crippen LogP contribution in [0.3, 0.4) is 0 Å². The Labute approximate surface area is 274 Å². The lowest BCUT2D eigenvalue weighted by atomic mass is 9.96. The van der Waals surface area contributed by atoms with E-state index in [1.807, 2.05) is 54.6 Å². The molecule has 1 unspecified atom stereocenters. The summed E-state index contributed by atoms with van der Waals surface area (Å²) >= 11 is 0. The average Bonchev–Trinajstić information content (AvgIpc) is 3.73. The molecule has 0 spiro atoms. The zero-order chi connectivity index (χ0) is 31.6. The van der Waals surface area contributed by atoms with Crippen molar-refractivity contribution in [1.29, 1.82) is 0 Å². The van der Waals surface area contributed by atoms with E-state index in [-0.39, 0.29) is 0 Å². The van der Waals surface area contributed by atoms with E-state index >= 15 is 0 Å². The van der Waals surface area contributed by atoms with Gasteiger partial charge in [0.05, 0.1) is 6.20 Å². The number of benzene rings is 6. The normalized spacial score (nSPS) is 14.9. The van der Waals surface area contributed by atoms with E-state index in [4.69, 9.17) is 18.8 Å². The molecule has 9 aromatic rings. The van der Waals surface area contributed by atoms with Gasteiger partial charge in [0.15, 0.2) is 11.4 Å². The van der Waals surface area contributed by atoms with Gasteiger partial charge in [-0.1, -0.05) is 97.1 Å². The first-order valence-corrected chi connectivity index (χ1v) is 16.0. The molecule has 3 aromatic heterocycles. The Hall–Kier alpha value is -6.53. The zero-order valence-electron chi connectivity index (χ0n) is 25.6. The second-order valence-corrected chi connectivity index (χ2v) is 12.1. The number of furan rings is 2. The summed E-state index contributed by atoms with van der Waals surface area (Å²) in [5.74, 6) is 1.36. The van der Waals surface area contributed by atoms with Crippen LogP contribution >= 0.6 is 0 Å². The molecule has 6 nitrogen and oxygen atoms in total. The molecule has 226 valence electrons. The van der Waals surface area contributed by atoms with Crippen LogP contribution in [0, 0.1) is 0 Å². The summed E-state index contributed by atoms with van der Waals surface area (Å²) < 4.78 is 12.7. The van der Waals surface area contributed by atoms with Crippen LogP contribution in [0.1, 0.15) is 22.9 Å². The van der Waals surface area contributed by atoms with Crippen LogP contribution in [0.15, 0.2) is 165 Å². The van der Waals surface area contributed by atoms with Gasteiger partial charge in [0.25, 0.3) is 0 Å². The minimum absolute atomic E-state index is 0.434. The maximum atomic E-state index is 6.46. The van der Waals surface area contributed by atoms with Crippen LogP contribution in [0.25, 0.3) is 65.8 Å². The number of nitrogens with zero attached hydrogens (tertiary/aromatic N) is 3. The first-order valence-electron chi connectivity index (χ1n) is 16.0. The molecular formula is C42H26N4O2. The number of fused-ring (bicyclic) bond motifs is 7. The molecule has 0 aliphatic carbocycles. The van der Waals surface area contributed by atoms with E-state index in [1.165, 1.54) is 10.8 Å². The molecule has 10 rings (SSSR count). The van der Waals surface area contributed by atoms with Gasteiger partial charge in [-0.05, 0) is 58.3 Å². The summed E-state index contributed by atoms with van der Waals surface area (Å²) in [6.45, 7) is 0. The summed E-state index contributed by atoms with van der Waals surface area (Å²) in [5, 5.41) is 10.2. The lowest BCUT2D eigenvalue weighted by molar-refractivity contribution is 0.662. The molecule has 0 amide bonds. The summed E-state index contributed by atoms with van der Waals surface area (Å²) in [4.78, 5) is 14.8. The van der Waals surface area contributed by atoms with Crippen LogP contribution in [0.5, 0.6) is 0 Å². The molecule has 1 aliphatic rings. The molecule has 0 saturated heterocycles. The highest BCUT2D eigenvalue weighted by Gasteiger charge is 2.27. The topological polar surface area (TPSA) is 75.9 Å². The number of hydrogen-bond acceptors (Lipinski definition) is 6. The molecule has 6 aromatic carbocycles. The SMILES string of the molecule is c1ccc(C2=NC(c3cccc4oc5ccccc5c34)NC(c3cc(-c4ccc5ccccc5c4)cc4oc5cnccc5c34)=N2)cc1. The highest BCUT2D eigenvalue weighted by Crippen LogP contribution is 2.39. The third kappa shape index (κ3) is 4.23. The number of pyridine rings is 1. The van der Waals surface area contributed by atoms with Crippen LogP contribution in [0.2, 0.25) is 0 Å². The first kappa shape index (κ1) is 26.7. The predicted octanol–water partition coefficient (Wildman–Crippen LogP) is 10.2. The quantitative estimate of drug-likeness (QED) is 0.213. The monoisotopic (exact) mass is 618 g/mol. The number of aliphatic imine (C=N–C) groups is 2. The Bertz CT molecular complexity index is 2770. The molecule has 0 radical (unpaired) electrons. The second-order valence-electron chi connectivity index (χ2n) is 12.1. The fourth-order valence-electron chi connectivity index (χ4n) is 6.97. The lowest BCUT2D eigenvalue weighted by Crippen LogP contribution is -2.33. The van der Waals surface area contributed by atoms with Gasteiger partial charge in [0.2, 0.25) is 0 Å². The minimum atomic E-state index is -0.434. The van der Waals surface area contributed by atoms with Gasteiger partial charge in [-0.25, -0.2) is 9.98 Å². The average molecular weight is 619 g/mol. The number of aromatic nitrogens is 1. The summed E-state index contributed by atoms with van der Waals surface area (Å²) in [7, 11) is 0. The highest BCUT2D eigenvalue weighted by atomic mass is 16.3. The van der Waals surface area contributed by atoms with Gasteiger partial charge in [0.1, 0.15) is 28.8 Å². The molecular weight excluding hydrogens is 592 g/mol. The van der Waals surface area contributed by atoms with Crippen LogP contribution in [-0.4, -0.2) is 16.7 Å². The first-order chi connectivity index (χ1) is 23.8. The molecule has 1 atom stereocenters. The molecule has 0 fully saturated rings. The van der Waals surface area contributed by atoms with Crippen LogP contribution in [-0.2, 0) is 0 Å². The molecule has 1 aliphatic heterocycles. The summed E-state index contributed by atoms with van der Waals surface area (Å²) in [6.07, 6.45) is 3.14. The van der Waals surface area contributed by atoms with E-state index in [9.17, 15) is 0 Å². The number of amidine groups is 2. The second kappa shape index (κ2) is 10.5. The molecule has 0 saturated carbocycles. The van der Waals surface area contributed by atoms with Crippen molar-refractivity contribution in [2.24, 2.45) is 9.98 Å². The molecule has 0 bridgehead atoms. The van der Waals surface area contributed by atoms with Gasteiger partial charge in [-0.3, -0.25) is 4.98 Å². The van der Waals surface area contributed by atoms with E-state index < -0.39 is 6.17 Å². The predicted molar refractivity (Wildman–Crippen MR) is 194 cm³/mol. The molecule has 6 heteroatoms. The van der Waals surface area contributed by atoms with Crippen molar-refractivity contribution in [3.63, 3.8) is 0 Å². The van der Waals surface area contributed by atoms with E-state index in [0.29, 0.717) is 11.7 Å². The van der Waals surface area contributed by atoms with Crippen LogP contribution in [0.4, 0.5) is 0 Å². The molecule has 1 N–H and O–H groups in total. The Morgan fingerprint density at radius 2 is 1.33 bits per heavy atom. The van der Waals surface area contributed by atoms with Gasteiger partial charge in [-0.15, -0.1) is 0 Å². The maximum absolute atomic E-state index is 6.46. The summed E-state index contributed by atoms with van der Waals surface area (Å²) in [5.41, 5.74) is 8.17. The van der Waals surface area contributed by atoms with Gasteiger partial charge in [-0.2, -0.15) is 0 Å². The standard InChI is InChI=1S/C42H26N4O2/c1-2-10-26(11-3-1)40-44-41(32-14-8-16-35-38(32)30-13-6-7-15-34(30)47-35)46-42(45-40)33-22-29(28-18-17-25-9-4-5-12-27(25)21-28)23-36-39(33)31-19-20-43-24-37(31)48-36/h1-24,41H,(H,44,45,46). The van der Waals surface area contributed by atoms with E-state index in [2.05, 4.69) is 89.2 Å². The van der Waals surface area contributed by atoms with E-state index in [1.54, 1.807) is 12.4 Å². The third-order valence-electron chi connectivity index (χ3n) is 9.22. The van der Waals surface area contributed by atoms with Crippen molar-refractivity contribution in [2.75, 3.05) is 0 Å². The Balaban J connectivity index is 1.22. The Kier molecular flexibility index (Phi) is 5.84. The maximum Gasteiger partial charge on any atom is 0.159 e. The Morgan fingerprint density at radius 3 is 2.27 bits per heavy atom. The smallest absolute Gasteiger partial charge is 0.159 e. The van der Waals surface area contributed by atoms with Gasteiger partial charge < -0.3 is 14.2 Å².